The second-order valence-corrected chi connectivity index (χ2v) is 13.3. The molecule has 0 saturated heterocycles. The van der Waals surface area contributed by atoms with Crippen molar-refractivity contribution in [2.75, 3.05) is 5.75 Å². The molecule has 2 bridgehead atoms. The van der Waals surface area contributed by atoms with Crippen LogP contribution in [0, 0.1) is 16.7 Å². The first kappa shape index (κ1) is 24.3. The van der Waals surface area contributed by atoms with Gasteiger partial charge in [0.05, 0.1) is 40.9 Å². The van der Waals surface area contributed by atoms with E-state index in [0.717, 1.165) is 28.5 Å². The summed E-state index contributed by atoms with van der Waals surface area (Å²) < 4.78 is 33.9. The van der Waals surface area contributed by atoms with Gasteiger partial charge in [0.1, 0.15) is 17.4 Å². The number of rotatable bonds is 7. The maximum absolute atomic E-state index is 14.3. The molecule has 37 heavy (non-hydrogen) atoms. The monoisotopic (exact) mass is 519 g/mol. The first-order valence-corrected chi connectivity index (χ1v) is 14.5. The van der Waals surface area contributed by atoms with E-state index in [9.17, 15) is 13.2 Å². The summed E-state index contributed by atoms with van der Waals surface area (Å²) in [6.07, 6.45) is 2.02. The number of ketones is 1. The second-order valence-electron chi connectivity index (χ2n) is 11.3. The Hall–Kier alpha value is -3.04. The van der Waals surface area contributed by atoms with Crippen LogP contribution in [-0.2, 0) is 42.0 Å². The number of carbonyl (C=O) groups is 1. The van der Waals surface area contributed by atoms with Crippen molar-refractivity contribution in [1.29, 1.82) is 0 Å². The number of nitrogens with zero attached hydrogens (tertiary/aromatic N) is 5. The van der Waals surface area contributed by atoms with Crippen LogP contribution in [0.15, 0.2) is 48.5 Å². The highest BCUT2D eigenvalue weighted by molar-refractivity contribution is 7.89. The zero-order chi connectivity index (χ0) is 26.2. The van der Waals surface area contributed by atoms with Crippen molar-refractivity contribution in [3.05, 3.63) is 60.2 Å². The summed E-state index contributed by atoms with van der Waals surface area (Å²) in [6, 6.07) is 15.6. The lowest BCUT2D eigenvalue weighted by atomic mass is 9.70. The van der Waals surface area contributed by atoms with Crippen LogP contribution in [0.1, 0.15) is 44.8 Å². The third-order valence-electron chi connectivity index (χ3n) is 9.36. The summed E-state index contributed by atoms with van der Waals surface area (Å²) in [4.78, 5) is 22.7. The fraction of sp³-hybridized carbons (Fsp3) is 0.464. The average Bonchev–Trinajstić information content (AvgIpc) is 3.49. The lowest BCUT2D eigenvalue weighted by molar-refractivity contribution is -0.128. The van der Waals surface area contributed by atoms with Gasteiger partial charge in [0.25, 0.3) is 0 Å². The third kappa shape index (κ3) is 3.58. The Kier molecular flexibility index (Phi) is 5.41. The van der Waals surface area contributed by atoms with Crippen molar-refractivity contribution in [2.24, 2.45) is 30.8 Å². The lowest BCUT2D eigenvalue weighted by Crippen LogP contribution is -2.46. The maximum Gasteiger partial charge on any atom is 0.215 e. The molecule has 2 atom stereocenters. The largest absolute Gasteiger partial charge is 0.330 e. The molecule has 0 N–H and O–H groups in total. The van der Waals surface area contributed by atoms with Gasteiger partial charge in [-0.25, -0.2) is 18.4 Å². The number of aromatic nitrogens is 4. The van der Waals surface area contributed by atoms with Crippen LogP contribution in [-0.4, -0.2) is 43.4 Å². The van der Waals surface area contributed by atoms with E-state index in [2.05, 4.69) is 13.8 Å². The van der Waals surface area contributed by atoms with E-state index in [0.29, 0.717) is 24.5 Å². The van der Waals surface area contributed by atoms with Crippen molar-refractivity contribution in [3.63, 3.8) is 0 Å². The van der Waals surface area contributed by atoms with E-state index >= 15 is 0 Å². The molecule has 2 aliphatic carbocycles. The topological polar surface area (TPSA) is 90.1 Å². The van der Waals surface area contributed by atoms with Crippen molar-refractivity contribution in [3.8, 4) is 0 Å². The summed E-state index contributed by atoms with van der Waals surface area (Å²) in [7, 11) is -0.0304. The minimum absolute atomic E-state index is 0.0998. The molecule has 0 spiro atoms. The molecule has 6 rings (SSSR count). The Morgan fingerprint density at radius 1 is 0.919 bits per heavy atom. The fourth-order valence-corrected chi connectivity index (χ4v) is 8.86. The smallest absolute Gasteiger partial charge is 0.215 e. The Balaban J connectivity index is 1.42. The van der Waals surface area contributed by atoms with Crippen LogP contribution in [0.5, 0.6) is 0 Å². The number of sulfonamides is 1. The highest BCUT2D eigenvalue weighted by atomic mass is 32.2. The predicted molar refractivity (Wildman–Crippen MR) is 143 cm³/mol. The Labute approximate surface area is 217 Å². The van der Waals surface area contributed by atoms with Crippen LogP contribution in [0.4, 0.5) is 0 Å². The van der Waals surface area contributed by atoms with Gasteiger partial charge in [-0.15, -0.1) is 0 Å². The standard InChI is InChI=1S/C28H33N5O3S/c1-27(2)19-13-14-28(27,24(34)15-19)18-37(35,36)33(16-25-29-20-9-5-7-11-22(20)31(25)3)17-26-30-21-10-6-8-12-23(21)32(26)4/h5-12,19H,13-18H2,1-4H3/t19-,28-/m0/s1. The van der Waals surface area contributed by atoms with Crippen molar-refractivity contribution in [1.82, 2.24) is 23.4 Å². The summed E-state index contributed by atoms with van der Waals surface area (Å²) >= 11 is 0. The second kappa shape index (κ2) is 8.23. The van der Waals surface area contributed by atoms with E-state index < -0.39 is 15.4 Å². The van der Waals surface area contributed by atoms with Crippen LogP contribution in [0.25, 0.3) is 22.1 Å². The zero-order valence-corrected chi connectivity index (χ0v) is 22.6. The average molecular weight is 520 g/mol. The minimum Gasteiger partial charge on any atom is -0.330 e. The number of hydrogen-bond acceptors (Lipinski definition) is 5. The molecule has 0 unspecified atom stereocenters. The number of Topliss-reactive ketones (excluding diaryl/α,β-unsaturated/α-hetero) is 1. The van der Waals surface area contributed by atoms with E-state index in [1.807, 2.05) is 71.8 Å². The van der Waals surface area contributed by atoms with Crippen LogP contribution in [0.3, 0.4) is 0 Å². The summed E-state index contributed by atoms with van der Waals surface area (Å²) in [6.45, 7) is 4.36. The number of para-hydroxylation sites is 4. The van der Waals surface area contributed by atoms with E-state index in [1.54, 1.807) is 0 Å². The highest BCUT2D eigenvalue weighted by Gasteiger charge is 2.65. The fourth-order valence-electron chi connectivity index (χ4n) is 6.75. The van der Waals surface area contributed by atoms with E-state index in [-0.39, 0.29) is 36.0 Å². The number of aryl methyl sites for hydroxylation is 2. The van der Waals surface area contributed by atoms with Gasteiger partial charge in [0.15, 0.2) is 0 Å². The third-order valence-corrected chi connectivity index (χ3v) is 11.3. The van der Waals surface area contributed by atoms with Gasteiger partial charge in [0, 0.05) is 25.9 Å². The summed E-state index contributed by atoms with van der Waals surface area (Å²) in [5, 5.41) is 0. The minimum atomic E-state index is -3.85. The van der Waals surface area contributed by atoms with Gasteiger partial charge >= 0.3 is 0 Å². The van der Waals surface area contributed by atoms with E-state index in [1.165, 1.54) is 4.31 Å². The lowest BCUT2D eigenvalue weighted by Gasteiger charge is -2.37. The first-order valence-electron chi connectivity index (χ1n) is 12.9. The molecule has 2 aliphatic rings. The molecule has 8 nitrogen and oxygen atoms in total. The Morgan fingerprint density at radius 3 is 1.86 bits per heavy atom. The molecule has 2 heterocycles. The molecule has 9 heteroatoms. The van der Waals surface area contributed by atoms with Gasteiger partial charge in [0.2, 0.25) is 10.0 Å². The van der Waals surface area contributed by atoms with Gasteiger partial charge < -0.3 is 9.13 Å². The summed E-state index contributed by atoms with van der Waals surface area (Å²) in [5.74, 6) is 1.49. The quantitative estimate of drug-likeness (QED) is 0.365. The Morgan fingerprint density at radius 2 is 1.43 bits per heavy atom. The van der Waals surface area contributed by atoms with Gasteiger partial charge in [-0.05, 0) is 48.4 Å². The van der Waals surface area contributed by atoms with E-state index in [4.69, 9.17) is 9.97 Å². The highest BCUT2D eigenvalue weighted by Crippen LogP contribution is 2.64. The molecule has 2 aromatic carbocycles. The normalized spacial score (nSPS) is 23.2. The van der Waals surface area contributed by atoms with Crippen molar-refractivity contribution >= 4 is 37.9 Å². The molecular weight excluding hydrogens is 486 g/mol. The number of fused-ring (bicyclic) bond motifs is 4. The molecule has 2 fully saturated rings. The maximum atomic E-state index is 14.3. The molecule has 4 aromatic rings. The molecule has 0 radical (unpaired) electrons. The predicted octanol–water partition coefficient (Wildman–Crippen LogP) is 4.19. The first-order chi connectivity index (χ1) is 17.5. The molecule has 0 amide bonds. The Bertz CT molecular complexity index is 1570. The molecule has 0 aliphatic heterocycles. The number of benzene rings is 2. The number of hydrogen-bond donors (Lipinski definition) is 0. The molecular formula is C28H33N5O3S. The molecule has 2 saturated carbocycles. The van der Waals surface area contributed by atoms with Crippen molar-refractivity contribution < 1.29 is 13.2 Å². The number of imidazole rings is 2. The van der Waals surface area contributed by atoms with Gasteiger partial charge in [-0.1, -0.05) is 38.1 Å². The number of carbonyl (C=O) groups excluding carboxylic acids is 1. The van der Waals surface area contributed by atoms with Crippen LogP contribution in [0.2, 0.25) is 0 Å². The van der Waals surface area contributed by atoms with Gasteiger partial charge in [-0.2, -0.15) is 4.31 Å². The SMILES string of the molecule is Cn1c(CN(Cc2nc3ccccc3n2C)S(=O)(=O)C[C@@]23CC[C@@H](CC2=O)C3(C)C)nc2ccccc21. The molecule has 2 aromatic heterocycles. The van der Waals surface area contributed by atoms with Crippen LogP contribution < -0.4 is 0 Å². The molecule has 194 valence electrons. The van der Waals surface area contributed by atoms with Crippen molar-refractivity contribution in [2.45, 2.75) is 46.2 Å². The summed E-state index contributed by atoms with van der Waals surface area (Å²) in [5.41, 5.74) is 2.36. The van der Waals surface area contributed by atoms with Crippen LogP contribution >= 0.6 is 0 Å². The zero-order valence-electron chi connectivity index (χ0n) is 21.8. The van der Waals surface area contributed by atoms with Gasteiger partial charge in [-0.3, -0.25) is 4.79 Å².